The maximum absolute atomic E-state index is 6.15. The van der Waals surface area contributed by atoms with Gasteiger partial charge in [-0.2, -0.15) is 5.10 Å². The third-order valence-electron chi connectivity index (χ3n) is 4.16. The van der Waals surface area contributed by atoms with Crippen LogP contribution in [0.3, 0.4) is 0 Å². The predicted octanol–water partition coefficient (Wildman–Crippen LogP) is 3.30. The molecule has 1 saturated carbocycles. The number of anilines is 1. The molecule has 2 N–H and O–H groups in total. The number of hydrogen-bond donors (Lipinski definition) is 1. The molecule has 0 radical (unpaired) electrons. The number of nitrogens with two attached hydrogens (primary N) is 1. The van der Waals surface area contributed by atoms with Crippen molar-refractivity contribution in [2.24, 2.45) is 12.5 Å². The summed E-state index contributed by atoms with van der Waals surface area (Å²) in [5.41, 5.74) is 8.32. The number of nitrogens with zero attached hydrogens (tertiary/aromatic N) is 2. The summed E-state index contributed by atoms with van der Waals surface area (Å²) in [4.78, 5) is 0. The molecule has 108 valence electrons. The number of ether oxygens (including phenoxy) is 1. The first-order chi connectivity index (χ1) is 8.93. The molecule has 1 heterocycles. The van der Waals surface area contributed by atoms with Crippen molar-refractivity contribution >= 4 is 5.69 Å². The SMILES string of the molecule is CCCc1nn(C)c(OC2CCC(C)(C)CC2)c1N. The molecule has 1 fully saturated rings. The monoisotopic (exact) mass is 265 g/mol. The summed E-state index contributed by atoms with van der Waals surface area (Å²) in [5, 5.41) is 4.46. The van der Waals surface area contributed by atoms with Crippen LogP contribution in [0.5, 0.6) is 5.88 Å². The highest BCUT2D eigenvalue weighted by atomic mass is 16.5. The molecule has 0 unspecified atom stereocenters. The Morgan fingerprint density at radius 1 is 1.37 bits per heavy atom. The van der Waals surface area contributed by atoms with Crippen LogP contribution < -0.4 is 10.5 Å². The molecule has 1 aromatic heterocycles. The molecule has 1 aromatic rings. The van der Waals surface area contributed by atoms with Gasteiger partial charge in [0.1, 0.15) is 11.8 Å². The molecule has 2 rings (SSSR count). The third kappa shape index (κ3) is 3.23. The van der Waals surface area contributed by atoms with Crippen LogP contribution in [0.25, 0.3) is 0 Å². The zero-order valence-corrected chi connectivity index (χ0v) is 12.7. The zero-order valence-electron chi connectivity index (χ0n) is 12.7. The van der Waals surface area contributed by atoms with E-state index in [1.54, 1.807) is 4.68 Å². The van der Waals surface area contributed by atoms with Crippen molar-refractivity contribution in [3.8, 4) is 5.88 Å². The van der Waals surface area contributed by atoms with Gasteiger partial charge < -0.3 is 10.5 Å². The van der Waals surface area contributed by atoms with Gasteiger partial charge in [-0.25, -0.2) is 4.68 Å². The van der Waals surface area contributed by atoms with Gasteiger partial charge in [0.05, 0.1) is 5.69 Å². The summed E-state index contributed by atoms with van der Waals surface area (Å²) in [7, 11) is 1.91. The van der Waals surface area contributed by atoms with E-state index < -0.39 is 0 Å². The van der Waals surface area contributed by atoms with Gasteiger partial charge in [-0.15, -0.1) is 0 Å². The summed E-state index contributed by atoms with van der Waals surface area (Å²) in [5.74, 6) is 0.758. The van der Waals surface area contributed by atoms with Crippen LogP contribution in [0, 0.1) is 5.41 Å². The predicted molar refractivity (Wildman–Crippen MR) is 78.3 cm³/mol. The van der Waals surface area contributed by atoms with E-state index in [-0.39, 0.29) is 0 Å². The number of rotatable bonds is 4. The van der Waals surface area contributed by atoms with Crippen LogP contribution in [0.1, 0.15) is 58.6 Å². The van der Waals surface area contributed by atoms with Gasteiger partial charge in [0.25, 0.3) is 0 Å². The molecule has 0 atom stereocenters. The second-order valence-electron chi connectivity index (χ2n) is 6.52. The zero-order chi connectivity index (χ0) is 14.0. The van der Waals surface area contributed by atoms with Gasteiger partial charge in [-0.1, -0.05) is 27.2 Å². The fourth-order valence-corrected chi connectivity index (χ4v) is 2.79. The highest BCUT2D eigenvalue weighted by molar-refractivity contribution is 5.53. The van der Waals surface area contributed by atoms with E-state index in [4.69, 9.17) is 10.5 Å². The van der Waals surface area contributed by atoms with E-state index in [9.17, 15) is 0 Å². The van der Waals surface area contributed by atoms with E-state index in [1.165, 1.54) is 12.8 Å². The molecule has 0 amide bonds. The van der Waals surface area contributed by atoms with Crippen LogP contribution in [-0.4, -0.2) is 15.9 Å². The summed E-state index contributed by atoms with van der Waals surface area (Å²) in [6.07, 6.45) is 6.93. The van der Waals surface area contributed by atoms with Gasteiger partial charge in [0.15, 0.2) is 0 Å². The lowest BCUT2D eigenvalue weighted by molar-refractivity contribution is 0.0918. The van der Waals surface area contributed by atoms with Crippen LogP contribution >= 0.6 is 0 Å². The van der Waals surface area contributed by atoms with Gasteiger partial charge >= 0.3 is 0 Å². The minimum Gasteiger partial charge on any atom is -0.473 e. The van der Waals surface area contributed by atoms with Crippen molar-refractivity contribution in [2.45, 2.75) is 65.4 Å². The van der Waals surface area contributed by atoms with Crippen LogP contribution in [0.15, 0.2) is 0 Å². The van der Waals surface area contributed by atoms with Crippen molar-refractivity contribution in [3.05, 3.63) is 5.69 Å². The summed E-state index contributed by atoms with van der Waals surface area (Å²) in [6.45, 7) is 6.81. The van der Waals surface area contributed by atoms with Crippen molar-refractivity contribution < 1.29 is 4.74 Å². The number of nitrogen functional groups attached to an aromatic ring is 1. The fourth-order valence-electron chi connectivity index (χ4n) is 2.79. The van der Waals surface area contributed by atoms with Crippen molar-refractivity contribution in [2.75, 3.05) is 5.73 Å². The Morgan fingerprint density at radius 3 is 2.58 bits per heavy atom. The second-order valence-corrected chi connectivity index (χ2v) is 6.52. The van der Waals surface area contributed by atoms with Crippen LogP contribution in [0.4, 0.5) is 5.69 Å². The molecule has 0 saturated heterocycles. The Hall–Kier alpha value is -1.19. The second kappa shape index (κ2) is 5.43. The number of aryl methyl sites for hydroxylation is 2. The summed E-state index contributed by atoms with van der Waals surface area (Å²) < 4.78 is 7.90. The maximum Gasteiger partial charge on any atom is 0.236 e. The largest absolute Gasteiger partial charge is 0.473 e. The van der Waals surface area contributed by atoms with Crippen molar-refractivity contribution in [1.29, 1.82) is 0 Å². The number of aromatic nitrogens is 2. The molecular weight excluding hydrogens is 238 g/mol. The fraction of sp³-hybridized carbons (Fsp3) is 0.800. The first-order valence-electron chi connectivity index (χ1n) is 7.41. The number of hydrogen-bond acceptors (Lipinski definition) is 3. The van der Waals surface area contributed by atoms with Crippen LogP contribution in [-0.2, 0) is 13.5 Å². The minimum atomic E-state index is 0.292. The van der Waals surface area contributed by atoms with Gasteiger partial charge in [0, 0.05) is 7.05 Å². The quantitative estimate of drug-likeness (QED) is 0.908. The highest BCUT2D eigenvalue weighted by Crippen LogP contribution is 2.37. The third-order valence-corrected chi connectivity index (χ3v) is 4.16. The molecular formula is C15H27N3O. The summed E-state index contributed by atoms with van der Waals surface area (Å²) >= 11 is 0. The smallest absolute Gasteiger partial charge is 0.236 e. The molecule has 4 heteroatoms. The molecule has 4 nitrogen and oxygen atoms in total. The topological polar surface area (TPSA) is 53.1 Å². The summed E-state index contributed by atoms with van der Waals surface area (Å²) in [6, 6.07) is 0. The molecule has 0 aliphatic heterocycles. The lowest BCUT2D eigenvalue weighted by Crippen LogP contribution is -2.29. The highest BCUT2D eigenvalue weighted by Gasteiger charge is 2.29. The average Bonchev–Trinajstić information content (AvgIpc) is 2.60. The van der Waals surface area contributed by atoms with E-state index in [0.717, 1.165) is 42.9 Å². The van der Waals surface area contributed by atoms with Crippen molar-refractivity contribution in [1.82, 2.24) is 9.78 Å². The van der Waals surface area contributed by atoms with E-state index >= 15 is 0 Å². The Labute approximate surface area is 116 Å². The van der Waals surface area contributed by atoms with Gasteiger partial charge in [-0.3, -0.25) is 0 Å². The van der Waals surface area contributed by atoms with E-state index in [1.807, 2.05) is 7.05 Å². The first kappa shape index (κ1) is 14.2. The molecule has 1 aliphatic rings. The standard InChI is InChI=1S/C15H27N3O/c1-5-6-12-13(16)14(18(4)17-12)19-11-7-9-15(2,3)10-8-11/h11H,5-10,16H2,1-4H3. The Kier molecular flexibility index (Phi) is 4.07. The Morgan fingerprint density at radius 2 is 2.00 bits per heavy atom. The molecule has 0 spiro atoms. The van der Waals surface area contributed by atoms with E-state index in [2.05, 4.69) is 25.9 Å². The van der Waals surface area contributed by atoms with Gasteiger partial charge in [-0.05, 0) is 37.5 Å². The molecule has 0 aromatic carbocycles. The average molecular weight is 265 g/mol. The molecule has 0 bridgehead atoms. The lowest BCUT2D eigenvalue weighted by atomic mass is 9.76. The van der Waals surface area contributed by atoms with Crippen LogP contribution in [0.2, 0.25) is 0 Å². The van der Waals surface area contributed by atoms with Crippen molar-refractivity contribution in [3.63, 3.8) is 0 Å². The Bertz CT molecular complexity index is 427. The Balaban J connectivity index is 2.03. The molecule has 19 heavy (non-hydrogen) atoms. The first-order valence-corrected chi connectivity index (χ1v) is 7.41. The molecule has 1 aliphatic carbocycles. The normalized spacial score (nSPS) is 19.6. The minimum absolute atomic E-state index is 0.292. The van der Waals surface area contributed by atoms with E-state index in [0.29, 0.717) is 11.5 Å². The maximum atomic E-state index is 6.15. The lowest BCUT2D eigenvalue weighted by Gasteiger charge is -2.34. The van der Waals surface area contributed by atoms with Gasteiger partial charge in [0.2, 0.25) is 5.88 Å².